The third-order valence-electron chi connectivity index (χ3n) is 4.90. The van der Waals surface area contributed by atoms with Gasteiger partial charge in [0, 0.05) is 11.3 Å². The number of nitrogens with one attached hydrogen (secondary N) is 1. The number of aromatic nitrogens is 2. The molecule has 22 heavy (non-hydrogen) atoms. The van der Waals surface area contributed by atoms with E-state index in [-0.39, 0.29) is 11.8 Å². The van der Waals surface area contributed by atoms with Crippen molar-refractivity contribution in [3.8, 4) is 10.6 Å². The van der Waals surface area contributed by atoms with Gasteiger partial charge in [0.15, 0.2) is 5.13 Å². The molecular weight excluding hydrogens is 314 g/mol. The van der Waals surface area contributed by atoms with E-state index < -0.39 is 0 Å². The van der Waals surface area contributed by atoms with E-state index in [0.717, 1.165) is 34.1 Å². The lowest BCUT2D eigenvalue weighted by molar-refractivity contribution is -0.119. The molecule has 1 N–H and O–H groups in total. The van der Waals surface area contributed by atoms with E-state index in [0.29, 0.717) is 10.5 Å². The van der Waals surface area contributed by atoms with Crippen molar-refractivity contribution in [2.24, 2.45) is 11.3 Å². The van der Waals surface area contributed by atoms with Crippen LogP contribution in [0.3, 0.4) is 0 Å². The quantitative estimate of drug-likeness (QED) is 0.905. The van der Waals surface area contributed by atoms with Crippen LogP contribution in [0.15, 0.2) is 5.38 Å². The molecule has 116 valence electrons. The fraction of sp³-hybridized carbons (Fsp3) is 0.562. The van der Waals surface area contributed by atoms with E-state index in [1.165, 1.54) is 30.6 Å². The van der Waals surface area contributed by atoms with Gasteiger partial charge < -0.3 is 5.32 Å². The van der Waals surface area contributed by atoms with Crippen molar-refractivity contribution in [1.29, 1.82) is 0 Å². The molecule has 2 aromatic rings. The number of carbonyl (C=O) groups excluding carboxylic acids is 1. The lowest BCUT2D eigenvalue weighted by Crippen LogP contribution is -2.20. The average Bonchev–Trinajstić information content (AvgIpc) is 2.81. The number of hydrogen-bond donors (Lipinski definition) is 1. The van der Waals surface area contributed by atoms with Crippen LogP contribution >= 0.6 is 22.7 Å². The minimum atomic E-state index is 0.155. The fourth-order valence-electron chi connectivity index (χ4n) is 3.47. The fourth-order valence-corrected chi connectivity index (χ4v) is 5.13. The highest BCUT2D eigenvalue weighted by Crippen LogP contribution is 2.59. The zero-order valence-electron chi connectivity index (χ0n) is 12.8. The topological polar surface area (TPSA) is 54.9 Å². The van der Waals surface area contributed by atoms with Crippen molar-refractivity contribution in [2.75, 3.05) is 5.32 Å². The number of thiazole rings is 2. The van der Waals surface area contributed by atoms with Crippen molar-refractivity contribution >= 4 is 33.7 Å². The van der Waals surface area contributed by atoms with E-state index >= 15 is 0 Å². The molecule has 4 nitrogen and oxygen atoms in total. The van der Waals surface area contributed by atoms with Gasteiger partial charge in [0.2, 0.25) is 5.91 Å². The Bertz CT molecular complexity index is 730. The van der Waals surface area contributed by atoms with Gasteiger partial charge in [-0.3, -0.25) is 4.79 Å². The van der Waals surface area contributed by atoms with Crippen molar-refractivity contribution in [3.05, 3.63) is 16.1 Å². The van der Waals surface area contributed by atoms with E-state index in [4.69, 9.17) is 0 Å². The van der Waals surface area contributed by atoms with E-state index in [2.05, 4.69) is 15.3 Å². The Hall–Kier alpha value is -1.27. The van der Waals surface area contributed by atoms with Crippen LogP contribution in [-0.2, 0) is 4.79 Å². The number of rotatable bonds is 3. The van der Waals surface area contributed by atoms with Gasteiger partial charge in [-0.25, -0.2) is 9.97 Å². The molecule has 0 unspecified atom stereocenters. The normalized spacial score (nSPS) is 22.2. The highest BCUT2D eigenvalue weighted by atomic mass is 32.1. The van der Waals surface area contributed by atoms with E-state index in [9.17, 15) is 4.79 Å². The molecule has 2 fully saturated rings. The van der Waals surface area contributed by atoms with Gasteiger partial charge in [-0.05, 0) is 51.4 Å². The summed E-state index contributed by atoms with van der Waals surface area (Å²) >= 11 is 3.15. The summed E-state index contributed by atoms with van der Waals surface area (Å²) in [6.45, 7) is 4.01. The van der Waals surface area contributed by atoms with Crippen molar-refractivity contribution in [2.45, 2.75) is 46.0 Å². The third-order valence-corrected chi connectivity index (χ3v) is 6.75. The summed E-state index contributed by atoms with van der Waals surface area (Å²) < 4.78 is 0. The van der Waals surface area contributed by atoms with Crippen LogP contribution < -0.4 is 5.32 Å². The summed E-state index contributed by atoms with van der Waals surface area (Å²) in [7, 11) is 0. The Morgan fingerprint density at radius 2 is 2.14 bits per heavy atom. The van der Waals surface area contributed by atoms with E-state index in [1.54, 1.807) is 11.3 Å². The number of carbonyl (C=O) groups is 1. The van der Waals surface area contributed by atoms with Crippen molar-refractivity contribution < 1.29 is 4.79 Å². The standard InChI is InChI=1S/C16H19N3OS2/c1-9-13(22-10(2)17-9)12-8-21-15(18-12)19-14(20)11-3-4-16(7-11)5-6-16/h8,11H,3-7H2,1-2H3,(H,18,19,20)/t11-/m0/s1. The predicted molar refractivity (Wildman–Crippen MR) is 90.3 cm³/mol. The van der Waals surface area contributed by atoms with E-state index in [1.807, 2.05) is 19.2 Å². The van der Waals surface area contributed by atoms with Crippen LogP contribution in [0.5, 0.6) is 0 Å². The van der Waals surface area contributed by atoms with Crippen LogP contribution in [0.1, 0.15) is 42.8 Å². The minimum absolute atomic E-state index is 0.155. The molecule has 0 aliphatic heterocycles. The maximum absolute atomic E-state index is 12.4. The van der Waals surface area contributed by atoms with Gasteiger partial charge in [0.05, 0.1) is 21.3 Å². The third kappa shape index (κ3) is 2.58. The first-order valence-corrected chi connectivity index (χ1v) is 9.45. The van der Waals surface area contributed by atoms with Crippen LogP contribution in [0.25, 0.3) is 10.6 Å². The van der Waals surface area contributed by atoms with Crippen molar-refractivity contribution in [3.63, 3.8) is 0 Å². The zero-order chi connectivity index (χ0) is 15.3. The van der Waals surface area contributed by atoms with Gasteiger partial charge in [0.1, 0.15) is 0 Å². The van der Waals surface area contributed by atoms with Gasteiger partial charge in [-0.15, -0.1) is 22.7 Å². The van der Waals surface area contributed by atoms with Gasteiger partial charge in [-0.2, -0.15) is 0 Å². The zero-order valence-corrected chi connectivity index (χ0v) is 14.4. The molecule has 2 saturated carbocycles. The monoisotopic (exact) mass is 333 g/mol. The Morgan fingerprint density at radius 3 is 2.77 bits per heavy atom. The molecule has 0 aromatic carbocycles. The molecule has 1 amide bonds. The Balaban J connectivity index is 1.45. The number of nitrogens with zero attached hydrogens (tertiary/aromatic N) is 2. The lowest BCUT2D eigenvalue weighted by atomic mass is 10.0. The van der Waals surface area contributed by atoms with Gasteiger partial charge in [0.25, 0.3) is 0 Å². The number of aryl methyl sites for hydroxylation is 2. The molecular formula is C16H19N3OS2. The van der Waals surface area contributed by atoms with Gasteiger partial charge in [-0.1, -0.05) is 0 Å². The minimum Gasteiger partial charge on any atom is -0.302 e. The molecule has 2 aliphatic carbocycles. The summed E-state index contributed by atoms with van der Waals surface area (Å²) in [6, 6.07) is 0. The Labute approximate surface area is 138 Å². The molecule has 0 radical (unpaired) electrons. The molecule has 2 aromatic heterocycles. The summed E-state index contributed by atoms with van der Waals surface area (Å²) in [5.41, 5.74) is 2.47. The number of hydrogen-bond acceptors (Lipinski definition) is 5. The van der Waals surface area contributed by atoms with Crippen molar-refractivity contribution in [1.82, 2.24) is 9.97 Å². The van der Waals surface area contributed by atoms with Crippen LogP contribution in [0, 0.1) is 25.2 Å². The van der Waals surface area contributed by atoms with Crippen LogP contribution in [0.2, 0.25) is 0 Å². The second kappa shape index (κ2) is 5.13. The second-order valence-electron chi connectivity index (χ2n) is 6.61. The summed E-state index contributed by atoms with van der Waals surface area (Å²) in [5.74, 6) is 0.337. The molecule has 1 spiro atoms. The van der Waals surface area contributed by atoms with Crippen LogP contribution in [0.4, 0.5) is 5.13 Å². The first kappa shape index (κ1) is 14.3. The molecule has 6 heteroatoms. The molecule has 2 heterocycles. The SMILES string of the molecule is Cc1nc(C)c(-c2csc(NC(=O)[C@H]3CCC4(CC4)C3)n2)s1. The molecule has 2 aliphatic rings. The lowest BCUT2D eigenvalue weighted by Gasteiger charge is -2.09. The molecule has 0 saturated heterocycles. The number of amides is 1. The maximum Gasteiger partial charge on any atom is 0.229 e. The highest BCUT2D eigenvalue weighted by molar-refractivity contribution is 7.16. The molecule has 4 rings (SSSR count). The molecule has 1 atom stereocenters. The van der Waals surface area contributed by atoms with Gasteiger partial charge >= 0.3 is 0 Å². The second-order valence-corrected chi connectivity index (χ2v) is 8.68. The number of anilines is 1. The predicted octanol–water partition coefficient (Wildman–Crippen LogP) is 4.40. The summed E-state index contributed by atoms with van der Waals surface area (Å²) in [6.07, 6.45) is 5.99. The highest BCUT2D eigenvalue weighted by Gasteiger charge is 2.49. The molecule has 0 bridgehead atoms. The Morgan fingerprint density at radius 1 is 1.32 bits per heavy atom. The maximum atomic E-state index is 12.4. The summed E-state index contributed by atoms with van der Waals surface area (Å²) in [4.78, 5) is 22.5. The Kier molecular flexibility index (Phi) is 3.34. The largest absolute Gasteiger partial charge is 0.302 e. The smallest absolute Gasteiger partial charge is 0.229 e. The average molecular weight is 333 g/mol. The van der Waals surface area contributed by atoms with Crippen LogP contribution in [-0.4, -0.2) is 15.9 Å². The first-order chi connectivity index (χ1) is 10.5. The first-order valence-electron chi connectivity index (χ1n) is 7.75. The summed E-state index contributed by atoms with van der Waals surface area (Å²) in [5, 5.41) is 6.78.